The van der Waals surface area contributed by atoms with Gasteiger partial charge in [-0.3, -0.25) is 0 Å². The molecule has 0 aliphatic heterocycles. The number of benzene rings is 1. The Bertz CT molecular complexity index is 171. The van der Waals surface area contributed by atoms with Gasteiger partial charge in [0.1, 0.15) is 0 Å². The van der Waals surface area contributed by atoms with E-state index in [0.29, 0.717) is 0 Å². The van der Waals surface area contributed by atoms with Crippen molar-refractivity contribution in [3.63, 3.8) is 0 Å². The predicted molar refractivity (Wildman–Crippen MR) is 25.2 cm³/mol. The van der Waals surface area contributed by atoms with Crippen LogP contribution in [0.3, 0.4) is 0 Å². The largest absolute Gasteiger partial charge is 3.00 e. The van der Waals surface area contributed by atoms with E-state index >= 15 is 0 Å². The molecule has 1 aromatic rings. The molecular formula is C6H3F2Y+2. The van der Waals surface area contributed by atoms with Gasteiger partial charge < -0.3 is 0 Å². The van der Waals surface area contributed by atoms with Gasteiger partial charge >= 0.3 is 32.7 Å². The zero-order chi connectivity index (χ0) is 5.98. The zero-order valence-electron chi connectivity index (χ0n) is 4.57. The van der Waals surface area contributed by atoms with Gasteiger partial charge in [0.15, 0.2) is 0 Å². The second-order valence-corrected chi connectivity index (χ2v) is 1.35. The minimum absolute atomic E-state index is 0. The van der Waals surface area contributed by atoms with Crippen LogP contribution in [0.2, 0.25) is 0 Å². The molecule has 0 heterocycles. The van der Waals surface area contributed by atoms with Crippen molar-refractivity contribution in [3.05, 3.63) is 35.9 Å². The van der Waals surface area contributed by atoms with E-state index in [4.69, 9.17) is 0 Å². The molecule has 0 N–H and O–H groups in total. The summed E-state index contributed by atoms with van der Waals surface area (Å²) >= 11 is 0. The maximum absolute atomic E-state index is 11.9. The third-order valence-electron chi connectivity index (χ3n) is 0.724. The Hall–Kier alpha value is 0.184. The molecule has 42 valence electrons. The van der Waals surface area contributed by atoms with Gasteiger partial charge in [0.25, 0.3) is 0 Å². The first-order valence-corrected chi connectivity index (χ1v) is 2.12. The average Bonchev–Trinajstić information content (AvgIpc) is 1.64. The van der Waals surface area contributed by atoms with Gasteiger partial charge in [0.2, 0.25) is 0 Å². The van der Waals surface area contributed by atoms with Crippen LogP contribution in [0.4, 0.5) is 8.78 Å². The number of hydrogen-bond acceptors (Lipinski definition) is 0. The van der Waals surface area contributed by atoms with Crippen molar-refractivity contribution in [1.82, 2.24) is 0 Å². The number of hydrogen-bond donors (Lipinski definition) is 0. The Morgan fingerprint density at radius 1 is 1.11 bits per heavy atom. The van der Waals surface area contributed by atoms with Gasteiger partial charge in [0.05, 0.1) is 0 Å². The third-order valence-corrected chi connectivity index (χ3v) is 0.724. The molecule has 0 unspecified atom stereocenters. The summed E-state index contributed by atoms with van der Waals surface area (Å²) in [4.78, 5) is 0. The van der Waals surface area contributed by atoms with E-state index in [1.165, 1.54) is 6.07 Å². The van der Waals surface area contributed by atoms with Crippen molar-refractivity contribution in [2.75, 3.05) is 0 Å². The monoisotopic (exact) mass is 202 g/mol. The van der Waals surface area contributed by atoms with Crippen molar-refractivity contribution in [2.45, 2.75) is 0 Å². The summed E-state index contributed by atoms with van der Waals surface area (Å²) < 4.78 is 23.7. The van der Waals surface area contributed by atoms with Gasteiger partial charge in [-0.25, -0.2) is 8.78 Å². The summed E-state index contributed by atoms with van der Waals surface area (Å²) in [6.07, 6.45) is 0. The first kappa shape index (κ1) is 9.18. The quantitative estimate of drug-likeness (QED) is 0.562. The van der Waals surface area contributed by atoms with E-state index in [-0.39, 0.29) is 32.7 Å². The Morgan fingerprint density at radius 2 is 1.56 bits per heavy atom. The summed E-state index contributed by atoms with van der Waals surface area (Å²) in [7, 11) is 0. The molecule has 0 aliphatic carbocycles. The first-order chi connectivity index (χ1) is 3.79. The van der Waals surface area contributed by atoms with Gasteiger partial charge in [-0.2, -0.15) is 6.07 Å². The molecule has 0 radical (unpaired) electrons. The van der Waals surface area contributed by atoms with E-state index in [2.05, 4.69) is 0 Å². The Labute approximate surface area is 77.1 Å². The van der Waals surface area contributed by atoms with Crippen molar-refractivity contribution in [1.29, 1.82) is 0 Å². The first-order valence-electron chi connectivity index (χ1n) is 2.12. The normalized spacial score (nSPS) is 8.22. The van der Waals surface area contributed by atoms with Gasteiger partial charge in [0, 0.05) is 11.6 Å². The molecule has 0 aromatic heterocycles. The maximum atomic E-state index is 11.9. The van der Waals surface area contributed by atoms with Gasteiger partial charge in [-0.15, -0.1) is 18.2 Å². The average molecular weight is 202 g/mol. The van der Waals surface area contributed by atoms with E-state index in [9.17, 15) is 8.78 Å². The smallest absolute Gasteiger partial charge is 0.236 e. The molecule has 0 fully saturated rings. The van der Waals surface area contributed by atoms with Crippen LogP contribution in [-0.4, -0.2) is 0 Å². The molecular weight excluding hydrogens is 199 g/mol. The van der Waals surface area contributed by atoms with Crippen LogP contribution in [0.15, 0.2) is 18.2 Å². The number of rotatable bonds is 0. The minimum Gasteiger partial charge on any atom is -0.236 e. The Morgan fingerprint density at radius 3 is 1.78 bits per heavy atom. The van der Waals surface area contributed by atoms with Crippen LogP contribution in [0.1, 0.15) is 0 Å². The van der Waals surface area contributed by atoms with Crippen LogP contribution < -0.4 is 0 Å². The molecule has 0 spiro atoms. The summed E-state index contributed by atoms with van der Waals surface area (Å²) in [6.45, 7) is 0. The fraction of sp³-hybridized carbons (Fsp3) is 0. The topological polar surface area (TPSA) is 0 Å². The predicted octanol–water partition coefficient (Wildman–Crippen LogP) is 1.76. The van der Waals surface area contributed by atoms with Gasteiger partial charge in [-0.1, -0.05) is 0 Å². The van der Waals surface area contributed by atoms with Crippen molar-refractivity contribution < 1.29 is 41.5 Å². The van der Waals surface area contributed by atoms with Crippen LogP contribution in [0.5, 0.6) is 0 Å². The zero-order valence-corrected chi connectivity index (χ0v) is 7.40. The van der Waals surface area contributed by atoms with Crippen LogP contribution in [0, 0.1) is 17.7 Å². The SMILES string of the molecule is Fc1[c-]c(F)ccc1.[Y+3]. The second-order valence-electron chi connectivity index (χ2n) is 1.35. The molecule has 9 heavy (non-hydrogen) atoms. The third kappa shape index (κ3) is 3.02. The van der Waals surface area contributed by atoms with E-state index in [0.717, 1.165) is 12.1 Å². The Balaban J connectivity index is 0.000000640. The van der Waals surface area contributed by atoms with Crippen LogP contribution in [-0.2, 0) is 32.7 Å². The molecule has 0 amide bonds. The van der Waals surface area contributed by atoms with E-state index in [1.54, 1.807) is 0 Å². The van der Waals surface area contributed by atoms with Crippen molar-refractivity contribution in [3.8, 4) is 0 Å². The van der Waals surface area contributed by atoms with Crippen molar-refractivity contribution in [2.24, 2.45) is 0 Å². The molecule has 0 saturated carbocycles. The van der Waals surface area contributed by atoms with Gasteiger partial charge in [-0.05, 0) is 0 Å². The van der Waals surface area contributed by atoms with Crippen LogP contribution in [0.25, 0.3) is 0 Å². The van der Waals surface area contributed by atoms with Crippen molar-refractivity contribution >= 4 is 0 Å². The molecule has 1 rings (SSSR count). The summed E-state index contributed by atoms with van der Waals surface area (Å²) in [5, 5.41) is 0. The second kappa shape index (κ2) is 4.07. The fourth-order valence-corrected chi connectivity index (χ4v) is 0.414. The minimum atomic E-state index is -0.662. The molecule has 0 nitrogen and oxygen atoms in total. The van der Waals surface area contributed by atoms with E-state index < -0.39 is 11.6 Å². The molecule has 3 heteroatoms. The maximum Gasteiger partial charge on any atom is 3.00 e. The summed E-state index contributed by atoms with van der Waals surface area (Å²) in [5.74, 6) is -1.32. The molecule has 1 aromatic carbocycles. The fourth-order valence-electron chi connectivity index (χ4n) is 0.414. The van der Waals surface area contributed by atoms with Crippen LogP contribution >= 0.6 is 0 Å². The summed E-state index contributed by atoms with van der Waals surface area (Å²) in [5.41, 5.74) is 0. The standard InChI is InChI=1S/C6H3F2.Y/c7-5-2-1-3-6(8)4-5;/h1-3H;/q-1;+3. The number of halogens is 2. The Kier molecular flexibility index (Phi) is 4.16. The molecule has 0 aliphatic rings. The molecule has 0 atom stereocenters. The van der Waals surface area contributed by atoms with E-state index in [1.807, 2.05) is 6.07 Å². The molecule has 0 bridgehead atoms. The summed E-state index contributed by atoms with van der Waals surface area (Å²) in [6, 6.07) is 5.41. The molecule has 0 saturated heterocycles.